The molecule has 98 valence electrons. The summed E-state index contributed by atoms with van der Waals surface area (Å²) in [4.78, 5) is 11.9. The summed E-state index contributed by atoms with van der Waals surface area (Å²) < 4.78 is 16.2. The second kappa shape index (κ2) is 4.97. The predicted molar refractivity (Wildman–Crippen MR) is 70.1 cm³/mol. The Morgan fingerprint density at radius 1 is 1.37 bits per heavy atom. The van der Waals surface area contributed by atoms with Crippen LogP contribution in [0.5, 0.6) is 11.5 Å². The molecule has 0 bridgehead atoms. The lowest BCUT2D eigenvalue weighted by atomic mass is 10.2. The molecule has 0 unspecified atom stereocenters. The lowest BCUT2D eigenvalue weighted by Crippen LogP contribution is -2.22. The number of carbonyl (C=O) groups excluding carboxylic acids is 1. The number of furan rings is 1. The highest BCUT2D eigenvalue weighted by Crippen LogP contribution is 2.35. The van der Waals surface area contributed by atoms with Crippen LogP contribution in [0.15, 0.2) is 39.6 Å². The first kappa shape index (κ1) is 12.1. The number of para-hydroxylation sites is 1. The molecule has 0 spiro atoms. The largest absolute Gasteiger partial charge is 0.457 e. The molecule has 0 saturated carbocycles. The highest BCUT2D eigenvalue weighted by molar-refractivity contribution is 9.10. The van der Waals surface area contributed by atoms with E-state index >= 15 is 0 Å². The Morgan fingerprint density at radius 3 is 3.05 bits per heavy atom. The number of fused-ring (bicyclic) bond motifs is 1. The number of hydrogen-bond donors (Lipinski definition) is 1. The molecule has 1 aromatic carbocycles. The zero-order chi connectivity index (χ0) is 13.2. The Bertz CT molecular complexity index is 623. The molecule has 1 aliphatic rings. The lowest BCUT2D eigenvalue weighted by molar-refractivity contribution is 0.0950. The van der Waals surface area contributed by atoms with Crippen molar-refractivity contribution in [3.63, 3.8) is 0 Å². The Morgan fingerprint density at radius 2 is 2.26 bits per heavy atom. The van der Waals surface area contributed by atoms with Gasteiger partial charge >= 0.3 is 0 Å². The molecule has 0 fully saturated rings. The Labute approximate surface area is 117 Å². The summed E-state index contributed by atoms with van der Waals surface area (Å²) in [7, 11) is 0. The van der Waals surface area contributed by atoms with Crippen molar-refractivity contribution < 1.29 is 18.7 Å². The summed E-state index contributed by atoms with van der Waals surface area (Å²) in [6.45, 7) is 0.586. The smallest absolute Gasteiger partial charge is 0.254 e. The summed E-state index contributed by atoms with van der Waals surface area (Å²) in [6, 6.07) is 7.20. The summed E-state index contributed by atoms with van der Waals surface area (Å²) >= 11 is 3.15. The number of ether oxygens (including phenoxy) is 2. The van der Waals surface area contributed by atoms with Crippen molar-refractivity contribution >= 4 is 21.8 Å². The molecule has 2 heterocycles. The third-order valence-corrected chi connectivity index (χ3v) is 3.16. The molecule has 19 heavy (non-hydrogen) atoms. The Hall–Kier alpha value is -1.95. The van der Waals surface area contributed by atoms with Gasteiger partial charge in [-0.15, -0.1) is 0 Å². The first-order valence-corrected chi connectivity index (χ1v) is 6.43. The summed E-state index contributed by atoms with van der Waals surface area (Å²) in [5.41, 5.74) is 1.35. The van der Waals surface area contributed by atoms with Crippen LogP contribution < -0.4 is 14.8 Å². The zero-order valence-electron chi connectivity index (χ0n) is 9.81. The molecular formula is C13H10BrNO4. The van der Waals surface area contributed by atoms with Gasteiger partial charge in [0.2, 0.25) is 6.79 Å². The average molecular weight is 324 g/mol. The number of halogens is 1. The van der Waals surface area contributed by atoms with E-state index in [1.165, 1.54) is 6.26 Å². The van der Waals surface area contributed by atoms with E-state index in [2.05, 4.69) is 21.2 Å². The minimum atomic E-state index is -0.203. The number of benzene rings is 1. The van der Waals surface area contributed by atoms with Crippen LogP contribution in [0.3, 0.4) is 0 Å². The predicted octanol–water partition coefficient (Wildman–Crippen LogP) is 2.70. The SMILES string of the molecule is O=C(NCc1cccc2c1OCO2)c1coc(Br)c1. The van der Waals surface area contributed by atoms with Gasteiger partial charge in [0.25, 0.3) is 5.91 Å². The van der Waals surface area contributed by atoms with Gasteiger partial charge in [-0.1, -0.05) is 12.1 Å². The van der Waals surface area contributed by atoms with Crippen molar-refractivity contribution in [2.75, 3.05) is 6.79 Å². The van der Waals surface area contributed by atoms with Gasteiger partial charge in [-0.05, 0) is 22.0 Å². The Kier molecular flexibility index (Phi) is 3.16. The highest BCUT2D eigenvalue weighted by atomic mass is 79.9. The summed E-state index contributed by atoms with van der Waals surface area (Å²) in [6.07, 6.45) is 1.40. The fraction of sp³-hybridized carbons (Fsp3) is 0.154. The quantitative estimate of drug-likeness (QED) is 0.943. The van der Waals surface area contributed by atoms with Crippen molar-refractivity contribution in [1.29, 1.82) is 0 Å². The third-order valence-electron chi connectivity index (χ3n) is 2.75. The first-order valence-electron chi connectivity index (χ1n) is 5.64. The summed E-state index contributed by atoms with van der Waals surface area (Å²) in [5.74, 6) is 1.19. The molecule has 1 aromatic heterocycles. The number of hydrogen-bond acceptors (Lipinski definition) is 4. The maximum atomic E-state index is 11.9. The molecule has 0 saturated heterocycles. The van der Waals surface area contributed by atoms with Gasteiger partial charge < -0.3 is 19.2 Å². The number of rotatable bonds is 3. The minimum Gasteiger partial charge on any atom is -0.457 e. The molecule has 0 atom stereocenters. The monoisotopic (exact) mass is 323 g/mol. The van der Waals surface area contributed by atoms with Gasteiger partial charge in [-0.25, -0.2) is 0 Å². The maximum Gasteiger partial charge on any atom is 0.254 e. The molecule has 3 rings (SSSR count). The number of amides is 1. The van der Waals surface area contributed by atoms with Gasteiger partial charge in [-0.3, -0.25) is 4.79 Å². The van der Waals surface area contributed by atoms with Gasteiger partial charge in [0.15, 0.2) is 16.2 Å². The molecule has 1 N–H and O–H groups in total. The van der Waals surface area contributed by atoms with Crippen molar-refractivity contribution in [2.45, 2.75) is 6.54 Å². The molecule has 5 nitrogen and oxygen atoms in total. The van der Waals surface area contributed by atoms with Crippen LogP contribution in [0.1, 0.15) is 15.9 Å². The van der Waals surface area contributed by atoms with Crippen LogP contribution >= 0.6 is 15.9 Å². The molecule has 1 amide bonds. The minimum absolute atomic E-state index is 0.203. The highest BCUT2D eigenvalue weighted by Gasteiger charge is 2.17. The topological polar surface area (TPSA) is 60.7 Å². The Balaban J connectivity index is 1.70. The molecule has 1 aliphatic heterocycles. The number of carbonyl (C=O) groups is 1. The molecule has 2 aromatic rings. The lowest BCUT2D eigenvalue weighted by Gasteiger charge is -2.06. The maximum absolute atomic E-state index is 11.9. The van der Waals surface area contributed by atoms with Crippen LogP contribution in [-0.4, -0.2) is 12.7 Å². The van der Waals surface area contributed by atoms with Gasteiger partial charge in [0, 0.05) is 18.2 Å². The fourth-order valence-electron chi connectivity index (χ4n) is 1.84. The van der Waals surface area contributed by atoms with Crippen molar-refractivity contribution in [2.24, 2.45) is 0 Å². The average Bonchev–Trinajstić information content (AvgIpc) is 3.04. The van der Waals surface area contributed by atoms with Crippen LogP contribution in [0, 0.1) is 0 Å². The van der Waals surface area contributed by atoms with Gasteiger partial charge in [0.1, 0.15) is 6.26 Å². The van der Waals surface area contributed by atoms with Gasteiger partial charge in [0.05, 0.1) is 5.56 Å². The van der Waals surface area contributed by atoms with Crippen molar-refractivity contribution in [1.82, 2.24) is 5.32 Å². The molecule has 6 heteroatoms. The number of nitrogens with one attached hydrogen (secondary N) is 1. The van der Waals surface area contributed by atoms with E-state index < -0.39 is 0 Å². The first-order chi connectivity index (χ1) is 9.24. The van der Waals surface area contributed by atoms with Crippen LogP contribution in [-0.2, 0) is 6.54 Å². The van der Waals surface area contributed by atoms with Crippen LogP contribution in [0.2, 0.25) is 0 Å². The van der Waals surface area contributed by atoms with Crippen molar-refractivity contribution in [3.05, 3.63) is 46.3 Å². The van der Waals surface area contributed by atoms with E-state index in [1.807, 2.05) is 18.2 Å². The van der Waals surface area contributed by atoms with Crippen LogP contribution in [0.4, 0.5) is 0 Å². The van der Waals surface area contributed by atoms with E-state index in [9.17, 15) is 4.79 Å². The molecule has 0 radical (unpaired) electrons. The standard InChI is InChI=1S/C13H10BrNO4/c14-11-4-9(6-17-11)13(16)15-5-8-2-1-3-10-12(8)19-7-18-10/h1-4,6H,5,7H2,(H,15,16). The summed E-state index contributed by atoms with van der Waals surface area (Å²) in [5, 5.41) is 2.80. The fourth-order valence-corrected chi connectivity index (χ4v) is 2.18. The zero-order valence-corrected chi connectivity index (χ0v) is 11.4. The molecule has 0 aliphatic carbocycles. The van der Waals surface area contributed by atoms with Gasteiger partial charge in [-0.2, -0.15) is 0 Å². The van der Waals surface area contributed by atoms with Crippen molar-refractivity contribution in [3.8, 4) is 11.5 Å². The third kappa shape index (κ3) is 2.44. The second-order valence-corrected chi connectivity index (χ2v) is 4.75. The van der Waals surface area contributed by atoms with E-state index in [1.54, 1.807) is 6.07 Å². The van der Waals surface area contributed by atoms with E-state index in [0.717, 1.165) is 5.56 Å². The van der Waals surface area contributed by atoms with E-state index in [0.29, 0.717) is 28.3 Å². The van der Waals surface area contributed by atoms with E-state index in [-0.39, 0.29) is 12.7 Å². The van der Waals surface area contributed by atoms with E-state index in [4.69, 9.17) is 13.9 Å². The second-order valence-electron chi connectivity index (χ2n) is 3.97. The normalized spacial score (nSPS) is 12.5. The van der Waals surface area contributed by atoms with Crippen LogP contribution in [0.25, 0.3) is 0 Å². The molecular weight excluding hydrogens is 314 g/mol.